The number of methoxy groups -OCH3 is 1. The molecule has 0 unspecified atom stereocenters. The van der Waals surface area contributed by atoms with Crippen molar-refractivity contribution in [2.45, 2.75) is 26.8 Å². The van der Waals surface area contributed by atoms with Gasteiger partial charge in [-0.05, 0) is 14.0 Å². The molecule has 1 aromatic rings. The molecule has 0 aliphatic rings. The molecule has 0 spiro atoms. The van der Waals surface area contributed by atoms with E-state index in [4.69, 9.17) is 15.2 Å². The Morgan fingerprint density at radius 1 is 1.38 bits per heavy atom. The van der Waals surface area contributed by atoms with Gasteiger partial charge in [0, 0.05) is 33.2 Å². The Labute approximate surface area is 126 Å². The van der Waals surface area contributed by atoms with Crippen LogP contribution in [0.1, 0.15) is 30.2 Å². The molecule has 7 heteroatoms. The number of hydrogen-bond acceptors (Lipinski definition) is 6. The Hall–Kier alpha value is -1.60. The summed E-state index contributed by atoms with van der Waals surface area (Å²) in [6.07, 6.45) is 0.714. The number of nitrogens with two attached hydrogens (primary N) is 1. The van der Waals surface area contributed by atoms with Crippen LogP contribution < -0.4 is 5.73 Å². The van der Waals surface area contributed by atoms with Gasteiger partial charge in [0.1, 0.15) is 11.6 Å². The molecular formula is C14H26N4O3. The van der Waals surface area contributed by atoms with Crippen LogP contribution in [0.25, 0.3) is 0 Å². The maximum absolute atomic E-state index is 11.8. The Kier molecular flexibility index (Phi) is 7.18. The number of hydrogen-bond donors (Lipinski definition) is 1. The van der Waals surface area contributed by atoms with Crippen LogP contribution in [0, 0.1) is 0 Å². The molecule has 1 rings (SSSR count). The van der Waals surface area contributed by atoms with Crippen molar-refractivity contribution in [2.75, 3.05) is 46.2 Å². The largest absolute Gasteiger partial charge is 0.461 e. The number of likely N-dealkylation sites (N-methyl/N-ethyl adjacent to an activating group) is 1. The lowest BCUT2D eigenvalue weighted by Crippen LogP contribution is -2.27. The van der Waals surface area contributed by atoms with Crippen LogP contribution in [0.15, 0.2) is 0 Å². The van der Waals surface area contributed by atoms with E-state index in [9.17, 15) is 4.79 Å². The molecule has 1 heterocycles. The molecule has 0 aliphatic heterocycles. The van der Waals surface area contributed by atoms with E-state index in [1.807, 2.05) is 18.5 Å². The highest BCUT2D eigenvalue weighted by molar-refractivity contribution is 5.92. The van der Waals surface area contributed by atoms with Gasteiger partial charge < -0.3 is 24.7 Å². The Bertz CT molecular complexity index is 459. The normalized spacial score (nSPS) is 11.1. The first-order valence-electron chi connectivity index (χ1n) is 7.24. The number of nitrogens with zero attached hydrogens (tertiary/aromatic N) is 3. The number of rotatable bonds is 9. The second-order valence-corrected chi connectivity index (χ2v) is 4.78. The van der Waals surface area contributed by atoms with Gasteiger partial charge in [0.25, 0.3) is 0 Å². The summed E-state index contributed by atoms with van der Waals surface area (Å²) in [6.45, 7) is 7.08. The second-order valence-electron chi connectivity index (χ2n) is 4.78. The topological polar surface area (TPSA) is 82.6 Å². The monoisotopic (exact) mass is 298 g/mol. The minimum Gasteiger partial charge on any atom is -0.461 e. The molecule has 21 heavy (non-hydrogen) atoms. The zero-order valence-corrected chi connectivity index (χ0v) is 13.4. The molecule has 0 bridgehead atoms. The number of esters is 1. The minimum atomic E-state index is -0.462. The number of nitrogen functional groups attached to an aromatic ring is 1. The zero-order valence-electron chi connectivity index (χ0n) is 13.4. The lowest BCUT2D eigenvalue weighted by molar-refractivity contribution is 0.0521. The van der Waals surface area contributed by atoms with Gasteiger partial charge in [-0.25, -0.2) is 9.78 Å². The van der Waals surface area contributed by atoms with Crippen molar-refractivity contribution in [2.24, 2.45) is 0 Å². The third kappa shape index (κ3) is 4.71. The highest BCUT2D eigenvalue weighted by Crippen LogP contribution is 2.16. The van der Waals surface area contributed by atoms with Gasteiger partial charge in [-0.1, -0.05) is 6.92 Å². The van der Waals surface area contributed by atoms with Crippen LogP contribution in [0.4, 0.5) is 5.82 Å². The van der Waals surface area contributed by atoms with Crippen LogP contribution in [0.2, 0.25) is 0 Å². The predicted molar refractivity (Wildman–Crippen MR) is 81.3 cm³/mol. The average Bonchev–Trinajstić information content (AvgIpc) is 2.79. The fourth-order valence-corrected chi connectivity index (χ4v) is 2.01. The summed E-state index contributed by atoms with van der Waals surface area (Å²) in [4.78, 5) is 18.3. The first-order chi connectivity index (χ1) is 10.0. The van der Waals surface area contributed by atoms with Gasteiger partial charge in [0.15, 0.2) is 5.69 Å². The summed E-state index contributed by atoms with van der Waals surface area (Å²) >= 11 is 0. The molecule has 0 radical (unpaired) electrons. The lowest BCUT2D eigenvalue weighted by Gasteiger charge is -2.17. The van der Waals surface area contributed by atoms with E-state index in [2.05, 4.69) is 9.88 Å². The molecule has 0 saturated carbocycles. The van der Waals surface area contributed by atoms with E-state index < -0.39 is 5.97 Å². The third-order valence-electron chi connectivity index (χ3n) is 3.25. The number of carbonyl (C=O) groups excluding carboxylic acids is 1. The molecule has 120 valence electrons. The fraction of sp³-hybridized carbons (Fsp3) is 0.714. The SMILES string of the molecule is CCOC(=O)c1nc(CC)n(CCN(C)CCOC)c1N. The molecule has 7 nitrogen and oxygen atoms in total. The maximum Gasteiger partial charge on any atom is 0.360 e. The van der Waals surface area contributed by atoms with Crippen molar-refractivity contribution in [1.82, 2.24) is 14.5 Å². The Morgan fingerprint density at radius 3 is 2.67 bits per heavy atom. The molecule has 0 fully saturated rings. The summed E-state index contributed by atoms with van der Waals surface area (Å²) < 4.78 is 11.9. The second kappa shape index (κ2) is 8.63. The van der Waals surface area contributed by atoms with Crippen molar-refractivity contribution in [1.29, 1.82) is 0 Å². The van der Waals surface area contributed by atoms with Crippen LogP contribution in [0.3, 0.4) is 0 Å². The first kappa shape index (κ1) is 17.5. The number of aromatic nitrogens is 2. The highest BCUT2D eigenvalue weighted by Gasteiger charge is 2.20. The number of ether oxygens (including phenoxy) is 2. The number of imidazole rings is 1. The molecular weight excluding hydrogens is 272 g/mol. The van der Waals surface area contributed by atoms with E-state index in [1.54, 1.807) is 14.0 Å². The van der Waals surface area contributed by atoms with Crippen molar-refractivity contribution in [3.63, 3.8) is 0 Å². The average molecular weight is 298 g/mol. The minimum absolute atomic E-state index is 0.216. The summed E-state index contributed by atoms with van der Waals surface area (Å²) in [5.41, 5.74) is 6.27. The van der Waals surface area contributed by atoms with E-state index in [1.165, 1.54) is 0 Å². The molecule has 2 N–H and O–H groups in total. The molecule has 0 amide bonds. The number of carbonyl (C=O) groups is 1. The van der Waals surface area contributed by atoms with Crippen molar-refractivity contribution < 1.29 is 14.3 Å². The summed E-state index contributed by atoms with van der Waals surface area (Å²) in [6, 6.07) is 0. The van der Waals surface area contributed by atoms with E-state index in [0.29, 0.717) is 32.0 Å². The van der Waals surface area contributed by atoms with Crippen molar-refractivity contribution in [3.05, 3.63) is 11.5 Å². The van der Waals surface area contributed by atoms with Crippen LogP contribution in [-0.2, 0) is 22.4 Å². The van der Waals surface area contributed by atoms with Crippen molar-refractivity contribution in [3.8, 4) is 0 Å². The fourth-order valence-electron chi connectivity index (χ4n) is 2.01. The first-order valence-corrected chi connectivity index (χ1v) is 7.24. The smallest absolute Gasteiger partial charge is 0.360 e. The molecule has 0 atom stereocenters. The van der Waals surface area contributed by atoms with Gasteiger partial charge in [-0.2, -0.15) is 0 Å². The Balaban J connectivity index is 2.79. The highest BCUT2D eigenvalue weighted by atomic mass is 16.5. The summed E-state index contributed by atoms with van der Waals surface area (Å²) in [7, 11) is 3.70. The summed E-state index contributed by atoms with van der Waals surface area (Å²) in [5, 5.41) is 0. The van der Waals surface area contributed by atoms with Gasteiger partial charge in [0.05, 0.1) is 13.2 Å². The zero-order chi connectivity index (χ0) is 15.8. The number of aryl methyl sites for hydroxylation is 1. The molecule has 1 aromatic heterocycles. The lowest BCUT2D eigenvalue weighted by atomic mass is 10.4. The maximum atomic E-state index is 11.8. The van der Waals surface area contributed by atoms with E-state index >= 15 is 0 Å². The quantitative estimate of drug-likeness (QED) is 0.679. The predicted octanol–water partition coefficient (Wildman–Crippen LogP) is 0.783. The van der Waals surface area contributed by atoms with Crippen LogP contribution >= 0.6 is 0 Å². The van der Waals surface area contributed by atoms with Gasteiger partial charge in [0.2, 0.25) is 0 Å². The van der Waals surface area contributed by atoms with E-state index in [-0.39, 0.29) is 5.69 Å². The number of anilines is 1. The van der Waals surface area contributed by atoms with Gasteiger partial charge in [-0.15, -0.1) is 0 Å². The molecule has 0 aromatic carbocycles. The third-order valence-corrected chi connectivity index (χ3v) is 3.25. The molecule has 0 aliphatic carbocycles. The summed E-state index contributed by atoms with van der Waals surface area (Å²) in [5.74, 6) is 0.720. The van der Waals surface area contributed by atoms with Gasteiger partial charge >= 0.3 is 5.97 Å². The van der Waals surface area contributed by atoms with Gasteiger partial charge in [-0.3, -0.25) is 0 Å². The van der Waals surface area contributed by atoms with Crippen molar-refractivity contribution >= 4 is 11.8 Å². The van der Waals surface area contributed by atoms with Crippen LogP contribution in [0.5, 0.6) is 0 Å². The molecule has 0 saturated heterocycles. The standard InChI is InChI=1S/C14H26N4O3/c1-5-11-16-12(14(19)21-6-2)13(15)18(11)8-7-17(3)9-10-20-4/h5-10,15H2,1-4H3. The van der Waals surface area contributed by atoms with E-state index in [0.717, 1.165) is 18.9 Å². The Morgan fingerprint density at radius 2 is 2.10 bits per heavy atom. The van der Waals surface area contributed by atoms with Crippen LogP contribution in [-0.4, -0.2) is 60.9 Å².